The Morgan fingerprint density at radius 1 is 0.839 bits per heavy atom. The van der Waals surface area contributed by atoms with Gasteiger partial charge in [0.1, 0.15) is 0 Å². The summed E-state index contributed by atoms with van der Waals surface area (Å²) in [5.74, 6) is -0.143. The van der Waals surface area contributed by atoms with E-state index in [4.69, 9.17) is 0 Å². The lowest BCUT2D eigenvalue weighted by molar-refractivity contribution is -0.119. The second kappa shape index (κ2) is 16.4. The van der Waals surface area contributed by atoms with Crippen LogP contribution in [0.25, 0.3) is 0 Å². The van der Waals surface area contributed by atoms with Crippen LogP contribution in [0.5, 0.6) is 0 Å². The van der Waals surface area contributed by atoms with Gasteiger partial charge < -0.3 is 15.5 Å². The van der Waals surface area contributed by atoms with Crippen molar-refractivity contribution >= 4 is 23.7 Å². The van der Waals surface area contributed by atoms with Gasteiger partial charge in [-0.05, 0) is 17.7 Å². The van der Waals surface area contributed by atoms with Crippen molar-refractivity contribution in [2.24, 2.45) is 0 Å². The smallest absolute Gasteiger partial charge is 0.331 e. The van der Waals surface area contributed by atoms with Gasteiger partial charge in [0.2, 0.25) is 5.91 Å². The molecule has 0 saturated carbocycles. The van der Waals surface area contributed by atoms with E-state index in [0.717, 1.165) is 5.56 Å². The fraction of sp³-hybridized carbons (Fsp3) is 0.375. The molecule has 170 valence electrons. The Hall–Kier alpha value is -3.35. The van der Waals surface area contributed by atoms with Crippen LogP contribution in [0, 0.1) is 0 Å². The summed E-state index contributed by atoms with van der Waals surface area (Å²) in [5, 5.41) is 4.73. The molecule has 2 aromatic rings. The quantitative estimate of drug-likeness (QED) is 0.747. The average Bonchev–Trinajstić information content (AvgIpc) is 2.85. The van der Waals surface area contributed by atoms with Crippen LogP contribution in [-0.4, -0.2) is 43.5 Å². The number of hydrogen-bond donors (Lipinski definition) is 2. The molecule has 0 aliphatic carbocycles. The number of anilines is 1. The van der Waals surface area contributed by atoms with Crippen molar-refractivity contribution in [2.75, 3.05) is 25.5 Å². The third-order valence-corrected chi connectivity index (χ3v) is 3.99. The molecule has 7 heteroatoms. The second-order valence-electron chi connectivity index (χ2n) is 5.83. The lowest BCUT2D eigenvalue weighted by Crippen LogP contribution is -2.52. The molecule has 0 spiro atoms. The summed E-state index contributed by atoms with van der Waals surface area (Å²) in [7, 11) is 3.14. The highest BCUT2D eigenvalue weighted by Crippen LogP contribution is 2.21. The summed E-state index contributed by atoms with van der Waals surface area (Å²) in [6.45, 7) is 8.99. The molecule has 2 N–H and O–H groups in total. The monoisotopic (exact) mass is 428 g/mol. The van der Waals surface area contributed by atoms with Crippen molar-refractivity contribution in [3.63, 3.8) is 0 Å². The highest BCUT2D eigenvalue weighted by Gasteiger charge is 2.32. The second-order valence-corrected chi connectivity index (χ2v) is 5.83. The molecule has 0 atom stereocenters. The van der Waals surface area contributed by atoms with Gasteiger partial charge >= 0.3 is 12.1 Å². The maximum absolute atomic E-state index is 12.6. The van der Waals surface area contributed by atoms with E-state index in [1.54, 1.807) is 31.1 Å². The first-order valence-corrected chi connectivity index (χ1v) is 10.7. The first kappa shape index (κ1) is 27.7. The Labute approximate surface area is 186 Å². The zero-order chi connectivity index (χ0) is 23.6. The molecular weight excluding hydrogens is 392 g/mol. The van der Waals surface area contributed by atoms with E-state index < -0.39 is 0 Å². The molecule has 1 aliphatic heterocycles. The molecule has 1 heterocycles. The van der Waals surface area contributed by atoms with E-state index in [9.17, 15) is 14.4 Å². The van der Waals surface area contributed by atoms with E-state index >= 15 is 0 Å². The van der Waals surface area contributed by atoms with Gasteiger partial charge in [-0.2, -0.15) is 0 Å². The number of nitrogens with one attached hydrogen (secondary N) is 2. The maximum atomic E-state index is 12.6. The van der Waals surface area contributed by atoms with Gasteiger partial charge in [-0.15, -0.1) is 0 Å². The highest BCUT2D eigenvalue weighted by atomic mass is 16.2. The standard InChI is InChI=1S/C17H16N2O2.C3H8N2O.2C2H6/c20-16-11-12-18(13-14-7-3-1-4-8-14)17(21)19(16)15-9-5-2-6-10-15;1-4-3(6)5-2;2*1-2/h1-10H,11-13H2;1-2H3,(H2,4,5,6);2*1-2H3. The molecule has 5 amide bonds. The number of benzene rings is 2. The van der Waals surface area contributed by atoms with Crippen molar-refractivity contribution in [1.82, 2.24) is 15.5 Å². The maximum Gasteiger partial charge on any atom is 0.331 e. The Kier molecular flexibility index (Phi) is 14.7. The van der Waals surface area contributed by atoms with Crippen LogP contribution in [0.4, 0.5) is 15.3 Å². The van der Waals surface area contributed by atoms with E-state index in [1.807, 2.05) is 76.2 Å². The molecular formula is C24H36N4O3. The number of rotatable bonds is 3. The molecule has 0 aromatic heterocycles. The van der Waals surface area contributed by atoms with Gasteiger partial charge in [-0.1, -0.05) is 76.2 Å². The summed E-state index contributed by atoms with van der Waals surface area (Å²) in [6.07, 6.45) is 0.355. The molecule has 0 radical (unpaired) electrons. The normalized spacial score (nSPS) is 12.2. The fourth-order valence-electron chi connectivity index (χ4n) is 2.59. The Bertz CT molecular complexity index is 761. The summed E-state index contributed by atoms with van der Waals surface area (Å²) < 4.78 is 0. The van der Waals surface area contributed by atoms with Gasteiger partial charge in [0.15, 0.2) is 0 Å². The summed E-state index contributed by atoms with van der Waals surface area (Å²) in [6, 6.07) is 18.5. The van der Waals surface area contributed by atoms with Gasteiger partial charge in [-0.25, -0.2) is 14.5 Å². The van der Waals surface area contributed by atoms with Crippen LogP contribution >= 0.6 is 0 Å². The lowest BCUT2D eigenvalue weighted by Gasteiger charge is -2.34. The third kappa shape index (κ3) is 9.33. The summed E-state index contributed by atoms with van der Waals surface area (Å²) in [5.41, 5.74) is 1.69. The van der Waals surface area contributed by atoms with Crippen molar-refractivity contribution in [3.05, 3.63) is 66.2 Å². The predicted octanol–water partition coefficient (Wildman–Crippen LogP) is 4.64. The third-order valence-electron chi connectivity index (χ3n) is 3.99. The summed E-state index contributed by atoms with van der Waals surface area (Å²) in [4.78, 5) is 37.6. The SMILES string of the molecule is CC.CC.CNC(=O)NC.O=C1CCN(Cc2ccccc2)C(=O)N1c1ccccc1. The number of urea groups is 2. The van der Waals surface area contributed by atoms with Crippen LogP contribution in [-0.2, 0) is 11.3 Å². The fourth-order valence-corrected chi connectivity index (χ4v) is 2.59. The number of hydrogen-bond acceptors (Lipinski definition) is 3. The zero-order valence-electron chi connectivity index (χ0n) is 19.5. The van der Waals surface area contributed by atoms with Crippen molar-refractivity contribution in [1.29, 1.82) is 0 Å². The number of carbonyl (C=O) groups excluding carboxylic acids is 3. The van der Waals surface area contributed by atoms with Crippen molar-refractivity contribution in [2.45, 2.75) is 40.7 Å². The first-order valence-electron chi connectivity index (χ1n) is 10.7. The largest absolute Gasteiger partial charge is 0.341 e. The van der Waals surface area contributed by atoms with Crippen LogP contribution in [0.1, 0.15) is 39.7 Å². The van der Waals surface area contributed by atoms with Gasteiger partial charge in [0.25, 0.3) is 0 Å². The number of imide groups is 1. The van der Waals surface area contributed by atoms with Gasteiger partial charge in [0, 0.05) is 33.6 Å². The minimum absolute atomic E-state index is 0.143. The van der Waals surface area contributed by atoms with Crippen LogP contribution in [0.15, 0.2) is 60.7 Å². The Balaban J connectivity index is 0.000000771. The van der Waals surface area contributed by atoms with Crippen LogP contribution in [0.3, 0.4) is 0 Å². The molecule has 1 saturated heterocycles. The molecule has 1 aliphatic rings. The topological polar surface area (TPSA) is 81.8 Å². The van der Waals surface area contributed by atoms with E-state index in [2.05, 4.69) is 10.6 Å². The van der Waals surface area contributed by atoms with E-state index in [1.165, 1.54) is 4.90 Å². The number of amides is 5. The molecule has 31 heavy (non-hydrogen) atoms. The van der Waals surface area contributed by atoms with Gasteiger partial charge in [-0.3, -0.25) is 4.79 Å². The highest BCUT2D eigenvalue weighted by molar-refractivity contribution is 6.15. The van der Waals surface area contributed by atoms with Crippen LogP contribution < -0.4 is 15.5 Å². The molecule has 7 nitrogen and oxygen atoms in total. The number of carbonyl (C=O) groups is 3. The first-order chi connectivity index (χ1) is 15.1. The molecule has 2 aromatic carbocycles. The average molecular weight is 429 g/mol. The van der Waals surface area contributed by atoms with Crippen molar-refractivity contribution in [3.8, 4) is 0 Å². The zero-order valence-corrected chi connectivity index (χ0v) is 19.5. The van der Waals surface area contributed by atoms with E-state index in [-0.39, 0.29) is 18.0 Å². The molecule has 3 rings (SSSR count). The van der Waals surface area contributed by atoms with Crippen LogP contribution in [0.2, 0.25) is 0 Å². The molecule has 1 fully saturated rings. The number of nitrogens with zero attached hydrogens (tertiary/aromatic N) is 2. The van der Waals surface area contributed by atoms with Crippen molar-refractivity contribution < 1.29 is 14.4 Å². The van der Waals surface area contributed by atoms with E-state index in [0.29, 0.717) is 25.2 Å². The Morgan fingerprint density at radius 3 is 1.77 bits per heavy atom. The summed E-state index contributed by atoms with van der Waals surface area (Å²) >= 11 is 0. The lowest BCUT2D eigenvalue weighted by atomic mass is 10.1. The minimum Gasteiger partial charge on any atom is -0.341 e. The molecule has 0 bridgehead atoms. The Morgan fingerprint density at radius 2 is 1.32 bits per heavy atom. The predicted molar refractivity (Wildman–Crippen MR) is 127 cm³/mol. The van der Waals surface area contributed by atoms with Gasteiger partial charge in [0.05, 0.1) is 5.69 Å². The molecule has 0 unspecified atom stereocenters. The minimum atomic E-state index is -0.249. The number of para-hydroxylation sites is 1.